The third kappa shape index (κ3) is 10.9. The summed E-state index contributed by atoms with van der Waals surface area (Å²) >= 11 is 1.28. The Morgan fingerprint density at radius 3 is 2.04 bits per heavy atom. The average Bonchev–Trinajstić information content (AvgIpc) is 3.00. The van der Waals surface area contributed by atoms with Crippen molar-refractivity contribution in [2.75, 3.05) is 37.9 Å². The number of rotatable bonds is 18. The summed E-state index contributed by atoms with van der Waals surface area (Å²) in [5.74, 6) is -5.61. The molecule has 11 N–H and O–H groups in total. The van der Waals surface area contributed by atoms with Gasteiger partial charge < -0.3 is 75.5 Å². The van der Waals surface area contributed by atoms with Crippen molar-refractivity contribution < 1.29 is 84.1 Å². The molecule has 0 aromatic carbocycles. The molecule has 0 aliphatic carbocycles. The molecule has 0 bridgehead atoms. The van der Waals surface area contributed by atoms with Crippen molar-refractivity contribution in [2.24, 2.45) is 5.92 Å². The average molecular weight is 675 g/mol. The van der Waals surface area contributed by atoms with E-state index in [1.165, 1.54) is 11.8 Å². The van der Waals surface area contributed by atoms with Gasteiger partial charge in [0, 0.05) is 18.7 Å². The maximum atomic E-state index is 12.8. The van der Waals surface area contributed by atoms with Crippen molar-refractivity contribution in [1.29, 1.82) is 0 Å². The molecule has 2 heterocycles. The number of amides is 2. The molecule has 0 aromatic rings. The van der Waals surface area contributed by atoms with Crippen LogP contribution in [0.4, 0.5) is 0 Å². The zero-order valence-corrected chi connectivity index (χ0v) is 25.1. The van der Waals surface area contributed by atoms with Gasteiger partial charge in [-0.05, 0) is 12.2 Å². The Morgan fingerprint density at radius 2 is 1.47 bits per heavy atom. The maximum Gasteiger partial charge on any atom is 0.316 e. The smallest absolute Gasteiger partial charge is 0.316 e. The first-order valence-corrected chi connectivity index (χ1v) is 15.2. The lowest BCUT2D eigenvalue weighted by molar-refractivity contribution is -0.359. The van der Waals surface area contributed by atoms with Crippen LogP contribution < -0.4 is 10.6 Å². The number of carbonyl (C=O) groups excluding carboxylic acids is 2. The van der Waals surface area contributed by atoms with Crippen LogP contribution in [0.15, 0.2) is 0 Å². The van der Waals surface area contributed by atoms with Crippen LogP contribution in [0, 0.1) is 5.92 Å². The Kier molecular flexibility index (Phi) is 16.3. The quantitative estimate of drug-likeness (QED) is 0.0477. The van der Waals surface area contributed by atoms with E-state index in [9.17, 15) is 60.0 Å². The highest BCUT2D eigenvalue weighted by molar-refractivity contribution is 7.99. The second-order valence-electron chi connectivity index (χ2n) is 10.2. The van der Waals surface area contributed by atoms with Gasteiger partial charge in [0.05, 0.1) is 19.8 Å². The third-order valence-corrected chi connectivity index (χ3v) is 8.00. The molecule has 260 valence electrons. The molecule has 2 rings (SSSR count). The number of aliphatic carboxylic acids is 2. The topological polar surface area (TPSA) is 311 Å². The van der Waals surface area contributed by atoms with E-state index in [-0.39, 0.29) is 18.9 Å². The highest BCUT2D eigenvalue weighted by atomic mass is 32.2. The molecule has 2 saturated heterocycles. The first-order chi connectivity index (χ1) is 21.3. The SMILES string of the molecule is CCSCC(NC(=O)C(CCC(=O)O)C(=O)O)C(=O)NCCOC1OC(CO)C(OC2OC(CO)C(O)C(O)C2O)C(O)C1O. The summed E-state index contributed by atoms with van der Waals surface area (Å²) in [6.45, 7) is -0.240. The molecule has 2 aliphatic rings. The number of carboxylic acids is 2. The molecule has 0 aromatic heterocycles. The van der Waals surface area contributed by atoms with Crippen molar-refractivity contribution >= 4 is 35.5 Å². The number of aliphatic hydroxyl groups is 7. The lowest BCUT2D eigenvalue weighted by atomic mass is 9.97. The van der Waals surface area contributed by atoms with E-state index in [1.54, 1.807) is 6.92 Å². The number of thioether (sulfide) groups is 1. The molecule has 20 heteroatoms. The fraction of sp³-hybridized carbons (Fsp3) is 0.840. The van der Waals surface area contributed by atoms with Gasteiger partial charge in [0.2, 0.25) is 11.8 Å². The molecule has 0 radical (unpaired) electrons. The van der Waals surface area contributed by atoms with Gasteiger partial charge in [0.25, 0.3) is 0 Å². The molecule has 2 amide bonds. The minimum atomic E-state index is -1.83. The highest BCUT2D eigenvalue weighted by Crippen LogP contribution is 2.29. The Balaban J connectivity index is 1.94. The maximum absolute atomic E-state index is 12.8. The number of hydrogen-bond acceptors (Lipinski definition) is 16. The number of nitrogens with one attached hydrogen (secondary N) is 2. The number of ether oxygens (including phenoxy) is 4. The van der Waals surface area contributed by atoms with Crippen LogP contribution >= 0.6 is 11.8 Å². The van der Waals surface area contributed by atoms with Gasteiger partial charge in [-0.2, -0.15) is 11.8 Å². The standard InChI is InChI=1S/C25H42N2O17S/c1-2-45-9-11(27-21(37)10(23(39)40)3-4-14(30)31)22(38)26-5-6-41-24-19(36)17(34)20(13(8-29)43-24)44-25-18(35)16(33)15(32)12(7-28)42-25/h10-13,15-20,24-25,28-29,32-36H,2-9H2,1H3,(H,26,38)(H,27,37)(H,30,31)(H,39,40). The van der Waals surface area contributed by atoms with Crippen LogP contribution in [-0.2, 0) is 38.1 Å². The Hall–Kier alpha value is -2.21. The lowest BCUT2D eigenvalue weighted by Crippen LogP contribution is -2.64. The van der Waals surface area contributed by atoms with Crippen molar-refractivity contribution in [3.8, 4) is 0 Å². The van der Waals surface area contributed by atoms with Gasteiger partial charge >= 0.3 is 11.9 Å². The molecule has 45 heavy (non-hydrogen) atoms. The van der Waals surface area contributed by atoms with Gasteiger partial charge in [-0.25, -0.2) is 0 Å². The fourth-order valence-corrected chi connectivity index (χ4v) is 5.20. The summed E-state index contributed by atoms with van der Waals surface area (Å²) in [4.78, 5) is 47.6. The summed E-state index contributed by atoms with van der Waals surface area (Å²) in [7, 11) is 0. The van der Waals surface area contributed by atoms with Crippen LogP contribution in [-0.4, -0.2) is 175 Å². The summed E-state index contributed by atoms with van der Waals surface area (Å²) in [5, 5.41) is 93.4. The molecular formula is C25H42N2O17S. The summed E-state index contributed by atoms with van der Waals surface area (Å²) in [5.41, 5.74) is 0. The molecule has 2 fully saturated rings. The second kappa shape index (κ2) is 18.8. The molecule has 12 atom stereocenters. The van der Waals surface area contributed by atoms with Crippen LogP contribution in [0.25, 0.3) is 0 Å². The summed E-state index contributed by atoms with van der Waals surface area (Å²) in [6, 6.07) is -1.17. The summed E-state index contributed by atoms with van der Waals surface area (Å²) in [6.07, 6.45) is -17.3. The van der Waals surface area contributed by atoms with Gasteiger partial charge in [-0.15, -0.1) is 0 Å². The highest BCUT2D eigenvalue weighted by Gasteiger charge is 2.50. The van der Waals surface area contributed by atoms with E-state index in [1.807, 2.05) is 0 Å². The second-order valence-corrected chi connectivity index (χ2v) is 11.5. The zero-order valence-electron chi connectivity index (χ0n) is 24.3. The Bertz CT molecular complexity index is 974. The monoisotopic (exact) mass is 674 g/mol. The Labute approximate surface area is 261 Å². The third-order valence-electron chi connectivity index (χ3n) is 7.03. The normalized spacial score (nSPS) is 33.2. The van der Waals surface area contributed by atoms with Crippen molar-refractivity contribution in [2.45, 2.75) is 87.2 Å². The fourth-order valence-electron chi connectivity index (χ4n) is 4.49. The summed E-state index contributed by atoms with van der Waals surface area (Å²) < 4.78 is 21.6. The van der Waals surface area contributed by atoms with E-state index < -0.39 is 123 Å². The van der Waals surface area contributed by atoms with Gasteiger partial charge in [-0.3, -0.25) is 19.2 Å². The predicted molar refractivity (Wildman–Crippen MR) is 148 cm³/mol. The van der Waals surface area contributed by atoms with Gasteiger partial charge in [0.1, 0.15) is 60.8 Å². The minimum Gasteiger partial charge on any atom is -0.481 e. The number of hydrogen-bond donors (Lipinski definition) is 11. The van der Waals surface area contributed by atoms with E-state index in [0.29, 0.717) is 5.75 Å². The molecule has 12 unspecified atom stereocenters. The Morgan fingerprint density at radius 1 is 0.844 bits per heavy atom. The molecule has 19 nitrogen and oxygen atoms in total. The van der Waals surface area contributed by atoms with E-state index in [0.717, 1.165) is 0 Å². The van der Waals surface area contributed by atoms with Crippen LogP contribution in [0.2, 0.25) is 0 Å². The molecule has 2 aliphatic heterocycles. The number of carboxylic acid groups (broad SMARTS) is 2. The van der Waals surface area contributed by atoms with Crippen LogP contribution in [0.5, 0.6) is 0 Å². The van der Waals surface area contributed by atoms with E-state index >= 15 is 0 Å². The lowest BCUT2D eigenvalue weighted by Gasteiger charge is -2.45. The predicted octanol–water partition coefficient (Wildman–Crippen LogP) is -5.45. The van der Waals surface area contributed by atoms with E-state index in [2.05, 4.69) is 10.6 Å². The van der Waals surface area contributed by atoms with Gasteiger partial charge in [-0.1, -0.05) is 6.92 Å². The van der Waals surface area contributed by atoms with Gasteiger partial charge in [0.15, 0.2) is 12.6 Å². The molecule has 0 saturated carbocycles. The van der Waals surface area contributed by atoms with Crippen LogP contribution in [0.3, 0.4) is 0 Å². The largest absolute Gasteiger partial charge is 0.481 e. The number of carbonyl (C=O) groups is 4. The zero-order chi connectivity index (χ0) is 33.8. The van der Waals surface area contributed by atoms with E-state index in [4.69, 9.17) is 24.1 Å². The minimum absolute atomic E-state index is 0.0743. The van der Waals surface area contributed by atoms with Crippen molar-refractivity contribution in [3.63, 3.8) is 0 Å². The van der Waals surface area contributed by atoms with Crippen molar-refractivity contribution in [1.82, 2.24) is 10.6 Å². The number of aliphatic hydroxyl groups excluding tert-OH is 7. The first-order valence-electron chi connectivity index (χ1n) is 14.1. The van der Waals surface area contributed by atoms with Crippen molar-refractivity contribution in [3.05, 3.63) is 0 Å². The molecule has 0 spiro atoms. The first kappa shape index (κ1) is 39.0. The van der Waals surface area contributed by atoms with Crippen LogP contribution in [0.1, 0.15) is 19.8 Å². The molecular weight excluding hydrogens is 632 g/mol.